The van der Waals surface area contributed by atoms with Crippen molar-refractivity contribution in [1.29, 1.82) is 0 Å². The van der Waals surface area contributed by atoms with Gasteiger partial charge in [0.1, 0.15) is 11.6 Å². The summed E-state index contributed by atoms with van der Waals surface area (Å²) in [7, 11) is 0. The van der Waals surface area contributed by atoms with Gasteiger partial charge in [0.2, 0.25) is 11.8 Å². The third-order valence-corrected chi connectivity index (χ3v) is 12.3. The van der Waals surface area contributed by atoms with E-state index < -0.39 is 28.5 Å². The monoisotopic (exact) mass is 672 g/mol. The number of H-pyrrole nitrogens is 1. The van der Waals surface area contributed by atoms with E-state index in [2.05, 4.69) is 10.3 Å². The maximum absolute atomic E-state index is 14.0. The van der Waals surface area contributed by atoms with Gasteiger partial charge in [0.05, 0.1) is 27.5 Å². The van der Waals surface area contributed by atoms with Crippen molar-refractivity contribution >= 4 is 57.9 Å². The zero-order chi connectivity index (χ0) is 32.6. The average molecular weight is 673 g/mol. The molecule has 47 heavy (non-hydrogen) atoms. The van der Waals surface area contributed by atoms with Crippen LogP contribution in [0.4, 0.5) is 21.5 Å². The van der Waals surface area contributed by atoms with Gasteiger partial charge < -0.3 is 15.0 Å². The Labute approximate surface area is 274 Å². The van der Waals surface area contributed by atoms with Crippen molar-refractivity contribution in [3.8, 4) is 5.75 Å². The fourth-order valence-corrected chi connectivity index (χ4v) is 10.9. The SMILES string of the molecule is O=C(COc1cccc([C@@H]2c3sc(=O)[nH]c3S[C@@H]3[C@@H]4C[C@@H]([C@@H]5C(=O)N(c6ccc([N+](=O)[O-])cc6)C(=O)[C@@H]45)[C@H]23)c1)Nc1ccc(F)cc1. The molecule has 238 valence electrons. The lowest BCUT2D eigenvalue weighted by atomic mass is 9.68. The number of benzene rings is 3. The smallest absolute Gasteiger partial charge is 0.305 e. The van der Waals surface area contributed by atoms with E-state index in [4.69, 9.17) is 4.74 Å². The lowest BCUT2D eigenvalue weighted by molar-refractivity contribution is -0.384. The van der Waals surface area contributed by atoms with Crippen molar-refractivity contribution in [3.63, 3.8) is 0 Å². The Morgan fingerprint density at radius 1 is 1.02 bits per heavy atom. The largest absolute Gasteiger partial charge is 0.484 e. The number of anilines is 2. The first-order valence-corrected chi connectivity index (χ1v) is 16.7. The molecule has 0 unspecified atom stereocenters. The van der Waals surface area contributed by atoms with E-state index in [9.17, 15) is 33.7 Å². The molecule has 3 heterocycles. The van der Waals surface area contributed by atoms with Gasteiger partial charge in [-0.15, -0.1) is 11.8 Å². The van der Waals surface area contributed by atoms with Crippen molar-refractivity contribution in [2.24, 2.45) is 29.6 Å². The molecule has 2 aliphatic heterocycles. The molecule has 11 nitrogen and oxygen atoms in total. The molecule has 3 aromatic carbocycles. The number of hydrogen-bond donors (Lipinski definition) is 2. The predicted molar refractivity (Wildman–Crippen MR) is 171 cm³/mol. The van der Waals surface area contributed by atoms with Crippen molar-refractivity contribution in [1.82, 2.24) is 4.98 Å². The standard InChI is InChI=1S/C33H25FN4O7S2/c34-16-4-6-17(7-5-16)35-23(39)14-45-20-3-1-2-15(12-20)24-25-21-13-22(28(25)46-30-29(24)47-33(42)36-30)27-26(21)31(40)37(32(27)41)18-8-10-19(11-9-18)38(43)44/h1-12,21-22,24-28H,13-14H2,(H,35,39)(H,36,42)/t21-,22-,24+,25-,26+,27+,28-/m1/s1. The second-order valence-electron chi connectivity index (χ2n) is 12.2. The van der Waals surface area contributed by atoms with Gasteiger partial charge in [-0.1, -0.05) is 23.5 Å². The fourth-order valence-electron chi connectivity index (χ4n) is 8.04. The van der Waals surface area contributed by atoms with Gasteiger partial charge in [-0.2, -0.15) is 0 Å². The van der Waals surface area contributed by atoms with Crippen LogP contribution >= 0.6 is 23.1 Å². The molecule has 7 atom stereocenters. The molecule has 3 fully saturated rings. The molecule has 4 aliphatic rings. The van der Waals surface area contributed by atoms with Crippen LogP contribution in [0.25, 0.3) is 0 Å². The van der Waals surface area contributed by atoms with Crippen LogP contribution in [0, 0.1) is 45.5 Å². The van der Waals surface area contributed by atoms with Crippen molar-refractivity contribution in [2.75, 3.05) is 16.8 Å². The minimum atomic E-state index is -0.529. The topological polar surface area (TPSA) is 152 Å². The zero-order valence-electron chi connectivity index (χ0n) is 24.3. The number of non-ortho nitro benzene ring substituents is 1. The third kappa shape index (κ3) is 4.85. The summed E-state index contributed by atoms with van der Waals surface area (Å²) in [5, 5.41) is 14.6. The molecule has 1 saturated heterocycles. The zero-order valence-corrected chi connectivity index (χ0v) is 26.0. The quantitative estimate of drug-likeness (QED) is 0.155. The lowest BCUT2D eigenvalue weighted by Crippen LogP contribution is -2.42. The molecule has 1 aromatic heterocycles. The molecule has 2 aliphatic carbocycles. The maximum atomic E-state index is 14.0. The number of ether oxygens (including phenoxy) is 1. The number of aromatic amines is 1. The van der Waals surface area contributed by atoms with Gasteiger partial charge in [0.25, 0.3) is 11.6 Å². The summed E-state index contributed by atoms with van der Waals surface area (Å²) in [5.74, 6) is -2.48. The molecule has 8 rings (SSSR count). The molecule has 3 amide bonds. The average Bonchev–Trinajstić information content (AvgIpc) is 3.80. The minimum absolute atomic E-state index is 0.0244. The number of hydrogen-bond acceptors (Lipinski definition) is 9. The third-order valence-electron chi connectivity index (χ3n) is 9.76. The number of rotatable bonds is 7. The van der Waals surface area contributed by atoms with Crippen LogP contribution in [-0.4, -0.2) is 39.5 Å². The molecule has 2 N–H and O–H groups in total. The lowest BCUT2D eigenvalue weighted by Gasteiger charge is -2.43. The Balaban J connectivity index is 1.08. The summed E-state index contributed by atoms with van der Waals surface area (Å²) in [6, 6.07) is 18.2. The highest BCUT2D eigenvalue weighted by Gasteiger charge is 2.69. The Morgan fingerprint density at radius 2 is 1.74 bits per heavy atom. The Bertz CT molecular complexity index is 2010. The van der Waals surface area contributed by atoms with E-state index >= 15 is 0 Å². The molecular formula is C33H25FN4O7S2. The number of amides is 3. The Hall–Kier alpha value is -4.82. The van der Waals surface area contributed by atoms with E-state index in [0.29, 0.717) is 23.5 Å². The number of fused-ring (bicyclic) bond motifs is 9. The fraction of sp³-hybridized carbons (Fsp3) is 0.273. The summed E-state index contributed by atoms with van der Waals surface area (Å²) in [4.78, 5) is 68.4. The number of nitro benzene ring substituents is 1. The maximum Gasteiger partial charge on any atom is 0.305 e. The van der Waals surface area contributed by atoms with Crippen LogP contribution in [0.2, 0.25) is 0 Å². The highest BCUT2D eigenvalue weighted by Crippen LogP contribution is 2.68. The number of nitrogens with zero attached hydrogens (tertiary/aromatic N) is 2. The highest BCUT2D eigenvalue weighted by atomic mass is 32.2. The number of thiazole rings is 1. The highest BCUT2D eigenvalue weighted by molar-refractivity contribution is 8.00. The van der Waals surface area contributed by atoms with Crippen LogP contribution in [0.1, 0.15) is 22.8 Å². The van der Waals surface area contributed by atoms with E-state index in [1.165, 1.54) is 53.4 Å². The van der Waals surface area contributed by atoms with Crippen LogP contribution in [0.15, 0.2) is 82.6 Å². The van der Waals surface area contributed by atoms with Crippen LogP contribution in [0.3, 0.4) is 0 Å². The Kier molecular flexibility index (Phi) is 7.02. The summed E-state index contributed by atoms with van der Waals surface area (Å²) >= 11 is 2.72. The number of aromatic nitrogens is 1. The van der Waals surface area contributed by atoms with Gasteiger partial charge in [-0.05, 0) is 78.3 Å². The van der Waals surface area contributed by atoms with Crippen molar-refractivity contribution < 1.29 is 28.4 Å². The number of nitrogens with one attached hydrogen (secondary N) is 2. The summed E-state index contributed by atoms with van der Waals surface area (Å²) in [6.45, 7) is -0.278. The number of thioether (sulfide) groups is 1. The molecule has 0 radical (unpaired) electrons. The van der Waals surface area contributed by atoms with Gasteiger partial charge in [0, 0.05) is 33.9 Å². The number of halogens is 1. The first-order valence-electron chi connectivity index (χ1n) is 15.0. The van der Waals surface area contributed by atoms with Gasteiger partial charge in [-0.3, -0.25) is 34.2 Å². The molecule has 14 heteroatoms. The minimum Gasteiger partial charge on any atom is -0.484 e. The second kappa shape index (κ2) is 11.2. The van der Waals surface area contributed by atoms with Crippen LogP contribution in [-0.2, 0) is 14.4 Å². The number of imide groups is 1. The summed E-state index contributed by atoms with van der Waals surface area (Å²) in [6.07, 6.45) is 0.707. The first kappa shape index (κ1) is 29.6. The van der Waals surface area contributed by atoms with Crippen LogP contribution in [0.5, 0.6) is 5.75 Å². The molecule has 4 aromatic rings. The summed E-state index contributed by atoms with van der Waals surface area (Å²) in [5.41, 5.74) is 1.51. The number of nitro groups is 1. The first-order chi connectivity index (χ1) is 22.7. The molecule has 2 bridgehead atoms. The second-order valence-corrected chi connectivity index (χ2v) is 14.4. The molecule has 0 spiro atoms. The predicted octanol–water partition coefficient (Wildman–Crippen LogP) is 5.18. The van der Waals surface area contributed by atoms with Crippen molar-refractivity contribution in [3.05, 3.63) is 109 Å². The molecule has 2 saturated carbocycles. The van der Waals surface area contributed by atoms with E-state index in [-0.39, 0.29) is 57.9 Å². The summed E-state index contributed by atoms with van der Waals surface area (Å²) < 4.78 is 19.1. The number of carbonyl (C=O) groups excluding carboxylic acids is 3. The van der Waals surface area contributed by atoms with Crippen LogP contribution < -0.4 is 19.8 Å². The van der Waals surface area contributed by atoms with Gasteiger partial charge in [-0.25, -0.2) is 4.39 Å². The Morgan fingerprint density at radius 3 is 2.47 bits per heavy atom. The van der Waals surface area contributed by atoms with E-state index in [0.717, 1.165) is 26.8 Å². The normalized spacial score (nSPS) is 26.9. The number of carbonyl (C=O) groups is 3. The van der Waals surface area contributed by atoms with Crippen molar-refractivity contribution in [2.45, 2.75) is 22.6 Å². The van der Waals surface area contributed by atoms with E-state index in [1.807, 2.05) is 18.2 Å². The van der Waals surface area contributed by atoms with Gasteiger partial charge in [0.15, 0.2) is 6.61 Å². The molecular weight excluding hydrogens is 648 g/mol. The van der Waals surface area contributed by atoms with E-state index in [1.54, 1.807) is 17.8 Å². The van der Waals surface area contributed by atoms with Gasteiger partial charge >= 0.3 is 4.87 Å².